The standard InChI is InChI=1S/C16H18N4O3/c21-9-18-15-5-11-7-17-12(6-14(11)23-15)16(22)19-13-8-20-3-1-10(13)2-4-20/h5-7,9-10,13H,1-4,8H2,(H,18,21)(H,19,22)/t13-/m0/s1. The third-order valence-electron chi connectivity index (χ3n) is 4.81. The first-order valence-corrected chi connectivity index (χ1v) is 7.86. The fourth-order valence-electron chi connectivity index (χ4n) is 3.56. The second-order valence-electron chi connectivity index (χ2n) is 6.20. The number of carbonyl (C=O) groups excluding carboxylic acids is 2. The van der Waals surface area contributed by atoms with Crippen LogP contribution in [-0.2, 0) is 4.79 Å². The molecule has 0 aliphatic carbocycles. The van der Waals surface area contributed by atoms with Crippen LogP contribution in [0.2, 0.25) is 0 Å². The number of aromatic nitrogens is 1. The maximum atomic E-state index is 12.5. The van der Waals surface area contributed by atoms with Crippen LogP contribution in [0.1, 0.15) is 23.3 Å². The van der Waals surface area contributed by atoms with Crippen molar-refractivity contribution in [3.05, 3.63) is 24.0 Å². The van der Waals surface area contributed by atoms with Crippen molar-refractivity contribution in [2.75, 3.05) is 25.0 Å². The topological polar surface area (TPSA) is 87.5 Å². The van der Waals surface area contributed by atoms with Gasteiger partial charge in [0.15, 0.2) is 0 Å². The molecule has 23 heavy (non-hydrogen) atoms. The number of fused-ring (bicyclic) bond motifs is 4. The highest BCUT2D eigenvalue weighted by Gasteiger charge is 2.35. The molecule has 2 amide bonds. The fourth-order valence-corrected chi connectivity index (χ4v) is 3.56. The van der Waals surface area contributed by atoms with E-state index in [0.717, 1.165) is 37.9 Å². The molecule has 2 aromatic heterocycles. The summed E-state index contributed by atoms with van der Waals surface area (Å²) in [7, 11) is 0. The zero-order valence-electron chi connectivity index (χ0n) is 12.6. The molecule has 3 aliphatic rings. The highest BCUT2D eigenvalue weighted by atomic mass is 16.4. The van der Waals surface area contributed by atoms with Gasteiger partial charge in [0, 0.05) is 36.3 Å². The van der Waals surface area contributed by atoms with Crippen molar-refractivity contribution in [3.63, 3.8) is 0 Å². The van der Waals surface area contributed by atoms with Gasteiger partial charge in [-0.15, -0.1) is 0 Å². The molecule has 2 N–H and O–H groups in total. The Kier molecular flexibility index (Phi) is 3.49. The molecule has 0 radical (unpaired) electrons. The van der Waals surface area contributed by atoms with E-state index < -0.39 is 0 Å². The Labute approximate surface area is 133 Å². The first-order valence-electron chi connectivity index (χ1n) is 7.86. The minimum absolute atomic E-state index is 0.174. The van der Waals surface area contributed by atoms with Gasteiger partial charge < -0.3 is 14.6 Å². The van der Waals surface area contributed by atoms with Gasteiger partial charge in [0.25, 0.3) is 5.91 Å². The summed E-state index contributed by atoms with van der Waals surface area (Å²) in [5.41, 5.74) is 0.865. The fraction of sp³-hybridized carbons (Fsp3) is 0.438. The van der Waals surface area contributed by atoms with Crippen LogP contribution in [0.15, 0.2) is 22.7 Å². The molecule has 0 saturated carbocycles. The van der Waals surface area contributed by atoms with Gasteiger partial charge in [0.2, 0.25) is 12.3 Å². The molecule has 2 aromatic rings. The summed E-state index contributed by atoms with van der Waals surface area (Å²) < 4.78 is 5.47. The van der Waals surface area contributed by atoms with Crippen LogP contribution in [0, 0.1) is 5.92 Å². The van der Waals surface area contributed by atoms with E-state index in [2.05, 4.69) is 20.5 Å². The van der Waals surface area contributed by atoms with Crippen LogP contribution in [0.25, 0.3) is 11.0 Å². The van der Waals surface area contributed by atoms with E-state index in [1.165, 1.54) is 0 Å². The quantitative estimate of drug-likeness (QED) is 0.829. The van der Waals surface area contributed by atoms with Crippen molar-refractivity contribution in [1.29, 1.82) is 0 Å². The van der Waals surface area contributed by atoms with Gasteiger partial charge in [0.05, 0.1) is 0 Å². The largest absolute Gasteiger partial charge is 0.440 e. The first kappa shape index (κ1) is 14.2. The number of carbonyl (C=O) groups is 2. The Morgan fingerprint density at radius 2 is 2.17 bits per heavy atom. The Hall–Kier alpha value is -2.41. The van der Waals surface area contributed by atoms with E-state index >= 15 is 0 Å². The number of piperidine rings is 3. The lowest BCUT2D eigenvalue weighted by Gasteiger charge is -2.44. The minimum Gasteiger partial charge on any atom is -0.440 e. The Bertz CT molecular complexity index is 749. The number of furan rings is 1. The number of amides is 2. The third kappa shape index (κ3) is 2.68. The van der Waals surface area contributed by atoms with Gasteiger partial charge in [-0.25, -0.2) is 0 Å². The third-order valence-corrected chi connectivity index (χ3v) is 4.81. The highest BCUT2D eigenvalue weighted by Crippen LogP contribution is 2.28. The molecule has 1 atom stereocenters. The van der Waals surface area contributed by atoms with E-state index in [0.29, 0.717) is 29.5 Å². The van der Waals surface area contributed by atoms with Gasteiger partial charge in [0.1, 0.15) is 11.3 Å². The first-order chi connectivity index (χ1) is 11.2. The molecule has 5 heterocycles. The highest BCUT2D eigenvalue weighted by molar-refractivity contribution is 5.96. The van der Waals surface area contributed by atoms with Crippen molar-refractivity contribution in [3.8, 4) is 0 Å². The smallest absolute Gasteiger partial charge is 0.270 e. The number of hydrogen-bond donors (Lipinski definition) is 2. The summed E-state index contributed by atoms with van der Waals surface area (Å²) in [5, 5.41) is 6.30. The Balaban J connectivity index is 1.51. The average molecular weight is 314 g/mol. The van der Waals surface area contributed by atoms with Crippen molar-refractivity contribution in [2.24, 2.45) is 5.92 Å². The zero-order chi connectivity index (χ0) is 15.8. The average Bonchev–Trinajstić information content (AvgIpc) is 2.97. The van der Waals surface area contributed by atoms with E-state index in [1.807, 2.05) is 0 Å². The van der Waals surface area contributed by atoms with Crippen LogP contribution in [0.5, 0.6) is 0 Å². The van der Waals surface area contributed by atoms with Crippen LogP contribution >= 0.6 is 0 Å². The monoisotopic (exact) mass is 314 g/mol. The number of anilines is 1. The molecular formula is C16H18N4O3. The summed E-state index contributed by atoms with van der Waals surface area (Å²) in [6.45, 7) is 3.20. The number of nitrogens with one attached hydrogen (secondary N) is 2. The van der Waals surface area contributed by atoms with Crippen LogP contribution in [0.3, 0.4) is 0 Å². The van der Waals surface area contributed by atoms with Crippen LogP contribution in [0.4, 0.5) is 5.88 Å². The molecule has 7 heteroatoms. The summed E-state index contributed by atoms with van der Waals surface area (Å²) in [6.07, 6.45) is 4.43. The summed E-state index contributed by atoms with van der Waals surface area (Å²) in [5.74, 6) is 0.735. The Morgan fingerprint density at radius 3 is 2.87 bits per heavy atom. The lowest BCUT2D eigenvalue weighted by atomic mass is 9.84. The summed E-state index contributed by atoms with van der Waals surface area (Å²) >= 11 is 0. The van der Waals surface area contributed by atoms with Crippen molar-refractivity contribution < 1.29 is 14.0 Å². The normalized spacial score (nSPS) is 26.2. The molecule has 3 aliphatic heterocycles. The zero-order valence-corrected chi connectivity index (χ0v) is 12.6. The van der Waals surface area contributed by atoms with Crippen LogP contribution < -0.4 is 10.6 Å². The molecule has 7 nitrogen and oxygen atoms in total. The molecule has 2 bridgehead atoms. The lowest BCUT2D eigenvalue weighted by Crippen LogP contribution is -2.57. The summed E-state index contributed by atoms with van der Waals surface area (Å²) in [4.78, 5) is 29.5. The van der Waals surface area contributed by atoms with Gasteiger partial charge in [-0.1, -0.05) is 0 Å². The molecule has 120 valence electrons. The molecule has 0 spiro atoms. The van der Waals surface area contributed by atoms with E-state index in [9.17, 15) is 9.59 Å². The summed E-state index contributed by atoms with van der Waals surface area (Å²) in [6, 6.07) is 3.49. The Morgan fingerprint density at radius 1 is 1.35 bits per heavy atom. The van der Waals surface area contributed by atoms with Crippen molar-refractivity contribution in [2.45, 2.75) is 18.9 Å². The number of pyridine rings is 1. The van der Waals surface area contributed by atoms with Gasteiger partial charge in [-0.3, -0.25) is 19.9 Å². The van der Waals surface area contributed by atoms with E-state index in [4.69, 9.17) is 4.42 Å². The molecule has 0 aromatic carbocycles. The predicted octanol–water partition coefficient (Wildman–Crippen LogP) is 1.22. The van der Waals surface area contributed by atoms with Gasteiger partial charge >= 0.3 is 0 Å². The van der Waals surface area contributed by atoms with Crippen molar-refractivity contribution >= 4 is 29.2 Å². The molecule has 3 saturated heterocycles. The maximum absolute atomic E-state index is 12.5. The van der Waals surface area contributed by atoms with Gasteiger partial charge in [-0.2, -0.15) is 0 Å². The SMILES string of the molecule is O=CNc1cc2cnc(C(=O)N[C@H]3CN4CCC3CC4)cc2o1. The van der Waals surface area contributed by atoms with Crippen LogP contribution in [-0.4, -0.2) is 47.9 Å². The van der Waals surface area contributed by atoms with Gasteiger partial charge in [-0.05, 0) is 31.8 Å². The number of nitrogens with zero attached hydrogens (tertiary/aromatic N) is 2. The van der Waals surface area contributed by atoms with Crippen molar-refractivity contribution in [1.82, 2.24) is 15.2 Å². The maximum Gasteiger partial charge on any atom is 0.270 e. The molecular weight excluding hydrogens is 296 g/mol. The van der Waals surface area contributed by atoms with E-state index in [1.54, 1.807) is 18.3 Å². The molecule has 3 fully saturated rings. The predicted molar refractivity (Wildman–Crippen MR) is 84.1 cm³/mol. The van der Waals surface area contributed by atoms with E-state index in [-0.39, 0.29) is 11.9 Å². The molecule has 5 rings (SSSR count). The molecule has 0 unspecified atom stereocenters. The second kappa shape index (κ2) is 5.66. The lowest BCUT2D eigenvalue weighted by molar-refractivity contribution is -0.105. The number of rotatable bonds is 4. The second-order valence-corrected chi connectivity index (χ2v) is 6.20. The number of hydrogen-bond acceptors (Lipinski definition) is 5. The minimum atomic E-state index is -0.174.